The Morgan fingerprint density at radius 3 is 2.55 bits per heavy atom. The number of nitrogens with zero attached hydrogens (tertiary/aromatic N) is 2. The van der Waals surface area contributed by atoms with E-state index in [4.69, 9.17) is 5.11 Å². The van der Waals surface area contributed by atoms with Crippen molar-refractivity contribution >= 4 is 27.3 Å². The molecular formula is C12H18N2O4S2. The molecule has 0 aliphatic carbocycles. The summed E-state index contributed by atoms with van der Waals surface area (Å²) in [4.78, 5) is 15.3. The number of aryl methyl sites for hydroxylation is 2. The minimum absolute atomic E-state index is 0.0369. The number of aromatic nitrogens is 1. The molecule has 0 aromatic carbocycles. The Labute approximate surface area is 122 Å². The van der Waals surface area contributed by atoms with Crippen molar-refractivity contribution in [3.05, 3.63) is 10.7 Å². The Bertz CT molecular complexity index is 623. The number of rotatable bonds is 3. The van der Waals surface area contributed by atoms with Crippen LogP contribution in [0.25, 0.3) is 0 Å². The van der Waals surface area contributed by atoms with E-state index in [0.717, 1.165) is 11.3 Å². The SMILES string of the molecule is Cc1nc(C)c(S(=O)(=O)N2CC(C(=O)O)CCC2C)s1. The molecule has 2 rings (SSSR count). The summed E-state index contributed by atoms with van der Waals surface area (Å²) in [6, 6.07) is -0.183. The summed E-state index contributed by atoms with van der Waals surface area (Å²) in [5, 5.41) is 9.80. The summed E-state index contributed by atoms with van der Waals surface area (Å²) in [5.41, 5.74) is 0.483. The molecule has 1 aliphatic rings. The minimum atomic E-state index is -3.66. The first-order chi connectivity index (χ1) is 9.23. The lowest BCUT2D eigenvalue weighted by Gasteiger charge is -2.35. The van der Waals surface area contributed by atoms with Gasteiger partial charge in [0.25, 0.3) is 10.0 Å². The van der Waals surface area contributed by atoms with Crippen LogP contribution in [0.2, 0.25) is 0 Å². The lowest BCUT2D eigenvalue weighted by atomic mass is 9.96. The van der Waals surface area contributed by atoms with Gasteiger partial charge in [-0.3, -0.25) is 4.79 Å². The molecule has 1 saturated heterocycles. The van der Waals surface area contributed by atoms with E-state index in [-0.39, 0.29) is 16.8 Å². The molecule has 112 valence electrons. The molecule has 2 unspecified atom stereocenters. The zero-order valence-electron chi connectivity index (χ0n) is 11.7. The fraction of sp³-hybridized carbons (Fsp3) is 0.667. The number of sulfonamides is 1. The molecule has 0 saturated carbocycles. The maximum absolute atomic E-state index is 12.7. The molecule has 2 atom stereocenters. The predicted octanol–water partition coefficient (Wildman–Crippen LogP) is 1.63. The van der Waals surface area contributed by atoms with E-state index in [2.05, 4.69) is 4.98 Å². The van der Waals surface area contributed by atoms with Gasteiger partial charge in [0.05, 0.1) is 16.6 Å². The van der Waals surface area contributed by atoms with Crippen LogP contribution in [0.15, 0.2) is 4.21 Å². The van der Waals surface area contributed by atoms with Gasteiger partial charge in [0, 0.05) is 12.6 Å². The van der Waals surface area contributed by atoms with Crippen LogP contribution in [0, 0.1) is 19.8 Å². The molecule has 20 heavy (non-hydrogen) atoms. The van der Waals surface area contributed by atoms with Crippen molar-refractivity contribution in [3.63, 3.8) is 0 Å². The topological polar surface area (TPSA) is 87.6 Å². The third-order valence-corrected chi connectivity index (χ3v) is 7.22. The van der Waals surface area contributed by atoms with Crippen LogP contribution in [0.5, 0.6) is 0 Å². The molecule has 2 heterocycles. The maximum Gasteiger partial charge on any atom is 0.307 e. The van der Waals surface area contributed by atoms with E-state index >= 15 is 0 Å². The van der Waals surface area contributed by atoms with Gasteiger partial charge in [-0.05, 0) is 33.6 Å². The van der Waals surface area contributed by atoms with Crippen LogP contribution in [0.3, 0.4) is 0 Å². The third kappa shape index (κ3) is 2.72. The zero-order chi connectivity index (χ0) is 15.1. The van der Waals surface area contributed by atoms with Gasteiger partial charge in [0.1, 0.15) is 0 Å². The van der Waals surface area contributed by atoms with Crippen molar-refractivity contribution in [2.45, 2.75) is 43.9 Å². The standard InChI is InChI=1S/C12H18N2O4S2/c1-7-4-5-10(11(15)16)6-14(7)20(17,18)12-8(2)13-9(3)19-12/h7,10H,4-6H2,1-3H3,(H,15,16). The van der Waals surface area contributed by atoms with Gasteiger partial charge in [-0.1, -0.05) is 0 Å². The smallest absolute Gasteiger partial charge is 0.307 e. The second-order valence-electron chi connectivity index (χ2n) is 5.14. The van der Waals surface area contributed by atoms with E-state index in [1.54, 1.807) is 13.8 Å². The summed E-state index contributed by atoms with van der Waals surface area (Å²) in [6.07, 6.45) is 1.08. The summed E-state index contributed by atoms with van der Waals surface area (Å²) >= 11 is 1.14. The number of thiazole rings is 1. The number of hydrogen-bond acceptors (Lipinski definition) is 5. The molecule has 1 fully saturated rings. The molecule has 0 spiro atoms. The van der Waals surface area contributed by atoms with E-state index in [9.17, 15) is 13.2 Å². The first-order valence-corrected chi connectivity index (χ1v) is 8.67. The number of hydrogen-bond donors (Lipinski definition) is 1. The molecule has 0 bridgehead atoms. The molecule has 0 radical (unpaired) electrons. The minimum Gasteiger partial charge on any atom is -0.481 e. The molecule has 1 aromatic rings. The summed E-state index contributed by atoms with van der Waals surface area (Å²) < 4.78 is 27.0. The maximum atomic E-state index is 12.7. The van der Waals surface area contributed by atoms with Gasteiger partial charge >= 0.3 is 5.97 Å². The van der Waals surface area contributed by atoms with Crippen molar-refractivity contribution in [1.82, 2.24) is 9.29 Å². The first kappa shape index (κ1) is 15.4. The van der Waals surface area contributed by atoms with Crippen LogP contribution < -0.4 is 0 Å². The van der Waals surface area contributed by atoms with Gasteiger partial charge in [-0.25, -0.2) is 13.4 Å². The van der Waals surface area contributed by atoms with Crippen LogP contribution >= 0.6 is 11.3 Å². The Morgan fingerprint density at radius 1 is 1.40 bits per heavy atom. The van der Waals surface area contributed by atoms with Crippen LogP contribution in [-0.2, 0) is 14.8 Å². The van der Waals surface area contributed by atoms with Crippen molar-refractivity contribution in [2.24, 2.45) is 5.92 Å². The van der Waals surface area contributed by atoms with Crippen molar-refractivity contribution in [1.29, 1.82) is 0 Å². The second-order valence-corrected chi connectivity index (χ2v) is 8.43. The summed E-state index contributed by atoms with van der Waals surface area (Å²) in [7, 11) is -3.66. The average molecular weight is 318 g/mol. The highest BCUT2D eigenvalue weighted by atomic mass is 32.2. The van der Waals surface area contributed by atoms with Crippen molar-refractivity contribution in [3.8, 4) is 0 Å². The molecule has 6 nitrogen and oxygen atoms in total. The van der Waals surface area contributed by atoms with Gasteiger partial charge in [0.2, 0.25) is 0 Å². The lowest BCUT2D eigenvalue weighted by molar-refractivity contribution is -0.143. The highest BCUT2D eigenvalue weighted by Crippen LogP contribution is 2.32. The normalized spacial score (nSPS) is 24.8. The summed E-state index contributed by atoms with van der Waals surface area (Å²) in [6.45, 7) is 5.28. The number of carbonyl (C=O) groups is 1. The molecule has 1 N–H and O–H groups in total. The Kier molecular flexibility index (Phi) is 4.17. The average Bonchev–Trinajstić information content (AvgIpc) is 2.69. The molecular weight excluding hydrogens is 300 g/mol. The van der Waals surface area contributed by atoms with Gasteiger partial charge in [-0.15, -0.1) is 11.3 Å². The first-order valence-electron chi connectivity index (χ1n) is 6.42. The lowest BCUT2D eigenvalue weighted by Crippen LogP contribution is -2.47. The van der Waals surface area contributed by atoms with E-state index in [1.807, 2.05) is 6.92 Å². The number of aliphatic carboxylic acids is 1. The monoisotopic (exact) mass is 318 g/mol. The van der Waals surface area contributed by atoms with E-state index < -0.39 is 21.9 Å². The van der Waals surface area contributed by atoms with Crippen molar-refractivity contribution in [2.75, 3.05) is 6.54 Å². The molecule has 0 amide bonds. The number of carboxylic acid groups (broad SMARTS) is 1. The van der Waals surface area contributed by atoms with Gasteiger partial charge in [0.15, 0.2) is 4.21 Å². The van der Waals surface area contributed by atoms with Crippen molar-refractivity contribution < 1.29 is 18.3 Å². The van der Waals surface area contributed by atoms with E-state index in [0.29, 0.717) is 23.5 Å². The predicted molar refractivity (Wildman–Crippen MR) is 75.3 cm³/mol. The van der Waals surface area contributed by atoms with Gasteiger partial charge < -0.3 is 5.11 Å². The molecule has 1 aliphatic heterocycles. The van der Waals surface area contributed by atoms with Crippen LogP contribution in [-0.4, -0.2) is 41.4 Å². The highest BCUT2D eigenvalue weighted by Gasteiger charge is 2.38. The third-order valence-electron chi connectivity index (χ3n) is 3.58. The largest absolute Gasteiger partial charge is 0.481 e. The number of carboxylic acids is 1. The van der Waals surface area contributed by atoms with Gasteiger partial charge in [-0.2, -0.15) is 4.31 Å². The second kappa shape index (κ2) is 5.42. The number of piperidine rings is 1. The Morgan fingerprint density at radius 2 is 2.05 bits per heavy atom. The molecule has 8 heteroatoms. The molecule has 1 aromatic heterocycles. The fourth-order valence-electron chi connectivity index (χ4n) is 2.47. The Hall–Kier alpha value is -0.990. The quantitative estimate of drug-likeness (QED) is 0.915. The fourth-order valence-corrected chi connectivity index (χ4v) is 5.77. The zero-order valence-corrected chi connectivity index (χ0v) is 13.3. The van der Waals surface area contributed by atoms with Crippen LogP contribution in [0.4, 0.5) is 0 Å². The van der Waals surface area contributed by atoms with Crippen LogP contribution in [0.1, 0.15) is 30.5 Å². The van der Waals surface area contributed by atoms with E-state index in [1.165, 1.54) is 4.31 Å². The Balaban J connectivity index is 2.37. The highest BCUT2D eigenvalue weighted by molar-refractivity contribution is 7.91. The summed E-state index contributed by atoms with van der Waals surface area (Å²) in [5.74, 6) is -1.57.